The molecule has 1 aliphatic rings. The molecule has 1 saturated heterocycles. The van der Waals surface area contributed by atoms with E-state index in [1.165, 1.54) is 12.1 Å². The molecule has 0 bridgehead atoms. The second-order valence-electron chi connectivity index (χ2n) is 11.8. The number of nitrogens with zero attached hydrogens (tertiary/aromatic N) is 1. The van der Waals surface area contributed by atoms with Gasteiger partial charge in [0, 0.05) is 31.3 Å². The first-order valence-corrected chi connectivity index (χ1v) is 17.3. The summed E-state index contributed by atoms with van der Waals surface area (Å²) in [6.07, 6.45) is -0.667. The molecule has 1 heterocycles. The lowest BCUT2D eigenvalue weighted by atomic mass is 9.96. The van der Waals surface area contributed by atoms with Gasteiger partial charge in [0.05, 0.1) is 10.8 Å². The minimum atomic E-state index is -3.88. The number of thioether (sulfide) groups is 1. The number of carbonyl (C=O) groups excluding carboxylic acids is 3. The quantitative estimate of drug-likeness (QED) is 0.212. The van der Waals surface area contributed by atoms with Crippen molar-refractivity contribution in [3.63, 3.8) is 0 Å². The van der Waals surface area contributed by atoms with Crippen LogP contribution in [0.4, 0.5) is 4.79 Å². The van der Waals surface area contributed by atoms with Crippen molar-refractivity contribution in [2.45, 2.75) is 81.6 Å². The molecule has 1 aliphatic heterocycles. The van der Waals surface area contributed by atoms with Crippen molar-refractivity contribution >= 4 is 39.6 Å². The fraction of sp³-hybridized carbons (Fsp3) is 0.516. The standard InChI is InChI=1S/C31H44N4O7S2/c1-31(2,3)42-30(39)34-26(29(38)35-16-17-43-21-35)14-7-8-15-33-44(40,41)24-13-9-12-23(18-24)20-27(36)28(37)25(32)19-22-10-5-4-6-11-22/h4-6,9-13,18,25-26,28,33,37H,7-8,14-17,19-21,32H2,1-3H3,(H,34,39). The summed E-state index contributed by atoms with van der Waals surface area (Å²) >= 11 is 1.64. The zero-order valence-corrected chi connectivity index (χ0v) is 27.2. The minimum Gasteiger partial charge on any atom is -0.444 e. The van der Waals surface area contributed by atoms with Crippen molar-refractivity contribution in [3.8, 4) is 0 Å². The van der Waals surface area contributed by atoms with E-state index in [9.17, 15) is 27.9 Å². The number of hydrogen-bond donors (Lipinski definition) is 4. The van der Waals surface area contributed by atoms with Crippen molar-refractivity contribution in [3.05, 3.63) is 65.7 Å². The Labute approximate surface area is 264 Å². The monoisotopic (exact) mass is 648 g/mol. The number of alkyl carbamates (subject to hydrolysis) is 1. The molecule has 11 nitrogen and oxygen atoms in total. The van der Waals surface area contributed by atoms with Crippen LogP contribution in [0.2, 0.25) is 0 Å². The molecule has 2 aromatic carbocycles. The number of amides is 2. The summed E-state index contributed by atoms with van der Waals surface area (Å²) in [5, 5.41) is 13.2. The van der Waals surface area contributed by atoms with Gasteiger partial charge in [0.2, 0.25) is 15.9 Å². The molecule has 1 fully saturated rings. The lowest BCUT2D eigenvalue weighted by Gasteiger charge is -2.26. The number of Topliss-reactive ketones (excluding diaryl/α,β-unsaturated/α-hetero) is 1. The zero-order chi connectivity index (χ0) is 32.3. The highest BCUT2D eigenvalue weighted by Gasteiger charge is 2.29. The molecule has 242 valence electrons. The number of rotatable bonds is 15. The predicted molar refractivity (Wildman–Crippen MR) is 171 cm³/mol. The Morgan fingerprint density at radius 1 is 1.07 bits per heavy atom. The number of ketones is 1. The molecule has 0 radical (unpaired) electrons. The Morgan fingerprint density at radius 3 is 2.43 bits per heavy atom. The van der Waals surface area contributed by atoms with Crippen LogP contribution in [0.5, 0.6) is 0 Å². The van der Waals surface area contributed by atoms with E-state index in [0.29, 0.717) is 43.7 Å². The predicted octanol–water partition coefficient (Wildman–Crippen LogP) is 2.60. The van der Waals surface area contributed by atoms with E-state index in [2.05, 4.69) is 10.0 Å². The molecule has 0 spiro atoms. The third-order valence-corrected chi connectivity index (χ3v) is 9.33. The van der Waals surface area contributed by atoms with Crippen molar-refractivity contribution in [2.75, 3.05) is 24.7 Å². The largest absolute Gasteiger partial charge is 0.444 e. The molecule has 5 N–H and O–H groups in total. The molecule has 3 atom stereocenters. The van der Waals surface area contributed by atoms with E-state index in [-0.39, 0.29) is 23.8 Å². The highest BCUT2D eigenvalue weighted by atomic mass is 32.2. The van der Waals surface area contributed by atoms with E-state index in [0.717, 1.165) is 11.3 Å². The molecular formula is C31H44N4O7S2. The maximum absolute atomic E-state index is 13.0. The maximum atomic E-state index is 13.0. The van der Waals surface area contributed by atoms with Crippen LogP contribution < -0.4 is 15.8 Å². The second kappa shape index (κ2) is 16.4. The van der Waals surface area contributed by atoms with E-state index in [1.54, 1.807) is 49.6 Å². The normalized spacial score (nSPS) is 15.8. The summed E-state index contributed by atoms with van der Waals surface area (Å²) in [7, 11) is -3.88. The third-order valence-electron chi connectivity index (χ3n) is 6.90. The van der Waals surface area contributed by atoms with Crippen LogP contribution in [0.15, 0.2) is 59.5 Å². The average molecular weight is 649 g/mol. The van der Waals surface area contributed by atoms with Gasteiger partial charge in [-0.15, -0.1) is 11.8 Å². The molecule has 0 aromatic heterocycles. The van der Waals surface area contributed by atoms with Crippen molar-refractivity contribution < 1.29 is 32.6 Å². The summed E-state index contributed by atoms with van der Waals surface area (Å²) in [6.45, 7) is 5.95. The van der Waals surface area contributed by atoms with Crippen molar-refractivity contribution in [2.24, 2.45) is 5.73 Å². The summed E-state index contributed by atoms with van der Waals surface area (Å²) in [5.41, 5.74) is 6.71. The van der Waals surface area contributed by atoms with Gasteiger partial charge >= 0.3 is 6.09 Å². The first-order valence-electron chi connectivity index (χ1n) is 14.7. The Morgan fingerprint density at radius 2 is 1.77 bits per heavy atom. The maximum Gasteiger partial charge on any atom is 0.408 e. The lowest BCUT2D eigenvalue weighted by Crippen LogP contribution is -2.49. The number of nitrogens with two attached hydrogens (primary N) is 1. The van der Waals surface area contributed by atoms with Crippen molar-refractivity contribution in [1.82, 2.24) is 14.9 Å². The van der Waals surface area contributed by atoms with Gasteiger partial charge in [-0.2, -0.15) is 0 Å². The first kappa shape index (κ1) is 35.5. The van der Waals surface area contributed by atoms with Gasteiger partial charge in [-0.1, -0.05) is 42.5 Å². The highest BCUT2D eigenvalue weighted by molar-refractivity contribution is 7.99. The second-order valence-corrected chi connectivity index (χ2v) is 14.7. The van der Waals surface area contributed by atoms with Gasteiger partial charge < -0.3 is 25.8 Å². The molecule has 13 heteroatoms. The van der Waals surface area contributed by atoms with Gasteiger partial charge in [-0.05, 0) is 69.7 Å². The molecule has 3 unspecified atom stereocenters. The average Bonchev–Trinajstić information content (AvgIpc) is 3.50. The molecule has 2 amide bonds. The van der Waals surface area contributed by atoms with Crippen LogP contribution >= 0.6 is 11.8 Å². The third kappa shape index (κ3) is 11.5. The van der Waals surface area contributed by atoms with Crippen LogP contribution in [0.1, 0.15) is 51.2 Å². The van der Waals surface area contributed by atoms with E-state index in [4.69, 9.17) is 10.5 Å². The molecule has 2 aromatic rings. The Balaban J connectivity index is 1.51. The van der Waals surface area contributed by atoms with E-state index < -0.39 is 45.7 Å². The minimum absolute atomic E-state index is 0.00273. The number of carbonyl (C=O) groups is 3. The van der Waals surface area contributed by atoms with Crippen LogP contribution in [0, 0.1) is 0 Å². The highest BCUT2D eigenvalue weighted by Crippen LogP contribution is 2.18. The van der Waals surface area contributed by atoms with Gasteiger partial charge in [0.25, 0.3) is 0 Å². The summed E-state index contributed by atoms with van der Waals surface area (Å²) in [5.74, 6) is 0.728. The molecular weight excluding hydrogens is 604 g/mol. The summed E-state index contributed by atoms with van der Waals surface area (Å²) in [4.78, 5) is 39.8. The smallest absolute Gasteiger partial charge is 0.408 e. The Kier molecular flexibility index (Phi) is 13.2. The van der Waals surface area contributed by atoms with Crippen LogP contribution in [-0.4, -0.2) is 84.7 Å². The number of aliphatic hydroxyl groups is 1. The molecule has 3 rings (SSSR count). The number of aliphatic hydroxyl groups excluding tert-OH is 1. The number of hydrogen-bond acceptors (Lipinski definition) is 9. The number of unbranched alkanes of at least 4 members (excludes halogenated alkanes) is 1. The van der Waals surface area contributed by atoms with E-state index >= 15 is 0 Å². The molecule has 44 heavy (non-hydrogen) atoms. The Bertz CT molecular complexity index is 1360. The fourth-order valence-electron chi connectivity index (χ4n) is 4.64. The molecule has 0 saturated carbocycles. The summed E-state index contributed by atoms with van der Waals surface area (Å²) < 4.78 is 33.8. The first-order chi connectivity index (χ1) is 20.7. The zero-order valence-electron chi connectivity index (χ0n) is 25.5. The number of nitrogens with one attached hydrogen (secondary N) is 2. The van der Waals surface area contributed by atoms with Gasteiger partial charge in [-0.25, -0.2) is 17.9 Å². The van der Waals surface area contributed by atoms with Crippen molar-refractivity contribution in [1.29, 1.82) is 0 Å². The van der Waals surface area contributed by atoms with Crippen LogP contribution in [0.3, 0.4) is 0 Å². The SMILES string of the molecule is CC(C)(C)OC(=O)NC(CCCCNS(=O)(=O)c1cccc(CC(=O)C(O)C(N)Cc2ccccc2)c1)C(=O)N1CCSC1. The fourth-order valence-corrected chi connectivity index (χ4v) is 6.74. The topological polar surface area (TPSA) is 168 Å². The number of sulfonamides is 1. The Hall–Kier alpha value is -2.97. The van der Waals surface area contributed by atoms with Crippen LogP contribution in [0.25, 0.3) is 0 Å². The van der Waals surface area contributed by atoms with E-state index in [1.807, 2.05) is 30.3 Å². The number of ether oxygens (including phenoxy) is 1. The van der Waals surface area contributed by atoms with Gasteiger partial charge in [-0.3, -0.25) is 9.59 Å². The van der Waals surface area contributed by atoms with Gasteiger partial charge in [0.15, 0.2) is 5.78 Å². The summed E-state index contributed by atoms with van der Waals surface area (Å²) in [6, 6.07) is 13.8. The molecule has 0 aliphatic carbocycles. The number of benzene rings is 2. The lowest BCUT2D eigenvalue weighted by molar-refractivity contribution is -0.132. The van der Waals surface area contributed by atoms with Crippen LogP contribution in [-0.2, 0) is 37.2 Å². The van der Waals surface area contributed by atoms with Gasteiger partial charge in [0.1, 0.15) is 17.7 Å².